The van der Waals surface area contributed by atoms with Crippen molar-refractivity contribution in [1.29, 1.82) is 0 Å². The average molecular weight is 331 g/mol. The Morgan fingerprint density at radius 2 is 1.65 bits per heavy atom. The number of oxime groups is 1. The molecule has 2 aromatic rings. The molecule has 6 nitrogen and oxygen atoms in total. The highest BCUT2D eigenvalue weighted by molar-refractivity contribution is 7.89. The standard InChI is InChI=1S/C16H17N3O3S/c1-12-8-10-14(11-9-12)16(13(2)18-20)17-19-23(21,22)15-6-4-3-5-7-15/h3-11,19-20H,1-2H3/b17-16-,18-13-. The summed E-state index contributed by atoms with van der Waals surface area (Å²) in [6.07, 6.45) is 0. The molecule has 120 valence electrons. The first-order chi connectivity index (χ1) is 10.9. The van der Waals surface area contributed by atoms with Crippen LogP contribution in [0.3, 0.4) is 0 Å². The molecular weight excluding hydrogens is 314 g/mol. The molecule has 0 aromatic heterocycles. The van der Waals surface area contributed by atoms with Crippen molar-refractivity contribution in [1.82, 2.24) is 4.83 Å². The largest absolute Gasteiger partial charge is 0.411 e. The topological polar surface area (TPSA) is 91.1 Å². The number of nitrogens with one attached hydrogen (secondary N) is 1. The second-order valence-corrected chi connectivity index (χ2v) is 6.58. The highest BCUT2D eigenvalue weighted by atomic mass is 32.2. The van der Waals surface area contributed by atoms with Crippen molar-refractivity contribution in [3.05, 3.63) is 65.7 Å². The zero-order chi connectivity index (χ0) is 16.9. The van der Waals surface area contributed by atoms with Gasteiger partial charge in [-0.05, 0) is 26.0 Å². The molecule has 0 amide bonds. The van der Waals surface area contributed by atoms with Gasteiger partial charge in [0.05, 0.1) is 4.90 Å². The average Bonchev–Trinajstić information content (AvgIpc) is 2.57. The first-order valence-electron chi connectivity index (χ1n) is 6.84. The van der Waals surface area contributed by atoms with Crippen LogP contribution in [-0.4, -0.2) is 25.0 Å². The summed E-state index contributed by atoms with van der Waals surface area (Å²) in [6.45, 7) is 3.47. The van der Waals surface area contributed by atoms with E-state index < -0.39 is 10.0 Å². The van der Waals surface area contributed by atoms with Crippen molar-refractivity contribution < 1.29 is 13.6 Å². The van der Waals surface area contributed by atoms with E-state index >= 15 is 0 Å². The first kappa shape index (κ1) is 16.7. The van der Waals surface area contributed by atoms with E-state index in [1.165, 1.54) is 19.1 Å². The van der Waals surface area contributed by atoms with Gasteiger partial charge in [0.25, 0.3) is 10.0 Å². The summed E-state index contributed by atoms with van der Waals surface area (Å²) in [5, 5.41) is 16.0. The van der Waals surface area contributed by atoms with Crippen LogP contribution in [0.4, 0.5) is 0 Å². The van der Waals surface area contributed by atoms with Gasteiger partial charge in [0, 0.05) is 5.56 Å². The van der Waals surface area contributed by atoms with Gasteiger partial charge in [0.2, 0.25) is 0 Å². The lowest BCUT2D eigenvalue weighted by molar-refractivity contribution is 0.320. The molecule has 0 aliphatic heterocycles. The van der Waals surface area contributed by atoms with Gasteiger partial charge in [-0.25, -0.2) is 0 Å². The van der Waals surface area contributed by atoms with E-state index in [2.05, 4.69) is 15.1 Å². The normalized spacial score (nSPS) is 13.0. The zero-order valence-electron chi connectivity index (χ0n) is 12.8. The molecule has 0 heterocycles. The lowest BCUT2D eigenvalue weighted by Gasteiger charge is -2.08. The fourth-order valence-corrected chi connectivity index (χ4v) is 2.70. The SMILES string of the molecule is CC(=N/O)/C(=N/NS(=O)(=O)c1ccccc1)c1ccc(C)cc1. The predicted octanol–water partition coefficient (Wildman–Crippen LogP) is 2.53. The van der Waals surface area contributed by atoms with E-state index in [0.29, 0.717) is 5.56 Å². The highest BCUT2D eigenvalue weighted by Gasteiger charge is 2.14. The number of aryl methyl sites for hydroxylation is 1. The highest BCUT2D eigenvalue weighted by Crippen LogP contribution is 2.09. The summed E-state index contributed by atoms with van der Waals surface area (Å²) in [4.78, 5) is 2.27. The maximum atomic E-state index is 12.2. The van der Waals surface area contributed by atoms with Gasteiger partial charge in [-0.3, -0.25) is 0 Å². The number of hydrogen-bond donors (Lipinski definition) is 2. The quantitative estimate of drug-likeness (QED) is 0.501. The van der Waals surface area contributed by atoms with Gasteiger partial charge in [0.15, 0.2) is 0 Å². The summed E-state index contributed by atoms with van der Waals surface area (Å²) in [5.74, 6) is 0. The van der Waals surface area contributed by atoms with Gasteiger partial charge in [-0.1, -0.05) is 53.2 Å². The summed E-state index contributed by atoms with van der Waals surface area (Å²) in [7, 11) is -3.79. The molecule has 0 aliphatic carbocycles. The van der Waals surface area contributed by atoms with Gasteiger partial charge in [-0.15, -0.1) is 0 Å². The summed E-state index contributed by atoms with van der Waals surface area (Å²) >= 11 is 0. The van der Waals surface area contributed by atoms with Gasteiger partial charge >= 0.3 is 0 Å². The van der Waals surface area contributed by atoms with Crippen LogP contribution in [0.5, 0.6) is 0 Å². The predicted molar refractivity (Wildman–Crippen MR) is 89.4 cm³/mol. The van der Waals surface area contributed by atoms with Crippen molar-refractivity contribution in [2.24, 2.45) is 10.3 Å². The van der Waals surface area contributed by atoms with Crippen LogP contribution in [0.2, 0.25) is 0 Å². The Morgan fingerprint density at radius 3 is 2.22 bits per heavy atom. The number of rotatable bonds is 5. The monoisotopic (exact) mass is 331 g/mol. The molecule has 2 aromatic carbocycles. The van der Waals surface area contributed by atoms with Crippen LogP contribution in [-0.2, 0) is 10.0 Å². The maximum Gasteiger partial charge on any atom is 0.276 e. The smallest absolute Gasteiger partial charge is 0.276 e. The second-order valence-electron chi connectivity index (χ2n) is 4.92. The Morgan fingerprint density at radius 1 is 1.04 bits per heavy atom. The Labute approximate surface area is 135 Å². The third kappa shape index (κ3) is 4.17. The van der Waals surface area contributed by atoms with Crippen LogP contribution in [0, 0.1) is 6.92 Å². The van der Waals surface area contributed by atoms with E-state index in [1.807, 2.05) is 19.1 Å². The van der Waals surface area contributed by atoms with E-state index in [1.54, 1.807) is 30.3 Å². The van der Waals surface area contributed by atoms with Crippen LogP contribution in [0.1, 0.15) is 18.1 Å². The molecule has 7 heteroatoms. The van der Waals surface area contributed by atoms with Gasteiger partial charge < -0.3 is 5.21 Å². The number of hydrogen-bond acceptors (Lipinski definition) is 5. The summed E-state index contributed by atoms with van der Waals surface area (Å²) in [6, 6.07) is 15.2. The van der Waals surface area contributed by atoms with Gasteiger partial charge in [-0.2, -0.15) is 18.4 Å². The third-order valence-corrected chi connectivity index (χ3v) is 4.37. The minimum Gasteiger partial charge on any atom is -0.411 e. The molecule has 0 spiro atoms. The Hall–Kier alpha value is -2.67. The molecule has 0 bridgehead atoms. The van der Waals surface area contributed by atoms with Crippen molar-refractivity contribution in [2.45, 2.75) is 18.7 Å². The molecule has 2 rings (SSSR count). The number of benzene rings is 2. The van der Waals surface area contributed by atoms with Gasteiger partial charge in [0.1, 0.15) is 11.4 Å². The van der Waals surface area contributed by atoms with Crippen LogP contribution < -0.4 is 4.83 Å². The third-order valence-electron chi connectivity index (χ3n) is 3.15. The molecule has 0 fully saturated rings. The Bertz CT molecular complexity index is 827. The molecule has 0 atom stereocenters. The van der Waals surface area contributed by atoms with Crippen LogP contribution in [0.15, 0.2) is 69.7 Å². The van der Waals surface area contributed by atoms with E-state index in [-0.39, 0.29) is 16.3 Å². The minimum atomic E-state index is -3.79. The summed E-state index contributed by atoms with van der Waals surface area (Å²) < 4.78 is 24.4. The molecule has 23 heavy (non-hydrogen) atoms. The zero-order valence-corrected chi connectivity index (χ0v) is 13.6. The van der Waals surface area contributed by atoms with E-state index in [0.717, 1.165) is 5.56 Å². The minimum absolute atomic E-state index is 0.102. The summed E-state index contributed by atoms with van der Waals surface area (Å²) in [5.41, 5.74) is 2.13. The van der Waals surface area contributed by atoms with Crippen LogP contribution >= 0.6 is 0 Å². The first-order valence-corrected chi connectivity index (χ1v) is 8.33. The number of nitrogens with zero attached hydrogens (tertiary/aromatic N) is 2. The molecule has 0 unspecified atom stereocenters. The molecule has 2 N–H and O–H groups in total. The Kier molecular flexibility index (Phi) is 5.13. The van der Waals surface area contributed by atoms with Crippen LogP contribution in [0.25, 0.3) is 0 Å². The Balaban J connectivity index is 2.37. The van der Waals surface area contributed by atoms with Crippen molar-refractivity contribution in [3.8, 4) is 0 Å². The van der Waals surface area contributed by atoms with E-state index in [9.17, 15) is 8.42 Å². The van der Waals surface area contributed by atoms with Crippen molar-refractivity contribution in [2.75, 3.05) is 0 Å². The molecule has 0 saturated carbocycles. The van der Waals surface area contributed by atoms with E-state index in [4.69, 9.17) is 5.21 Å². The molecule has 0 radical (unpaired) electrons. The molecule has 0 saturated heterocycles. The maximum absolute atomic E-state index is 12.2. The van der Waals surface area contributed by atoms with Crippen molar-refractivity contribution >= 4 is 21.4 Å². The lowest BCUT2D eigenvalue weighted by atomic mass is 10.1. The number of hydrazone groups is 1. The molecule has 0 aliphatic rings. The van der Waals surface area contributed by atoms with Crippen molar-refractivity contribution in [3.63, 3.8) is 0 Å². The fourth-order valence-electron chi connectivity index (χ4n) is 1.87. The lowest BCUT2D eigenvalue weighted by Crippen LogP contribution is -2.23. The fraction of sp³-hybridized carbons (Fsp3) is 0.125. The second kappa shape index (κ2) is 7.06. The molecular formula is C16H17N3O3S. The number of sulfonamides is 1.